The van der Waals surface area contributed by atoms with Crippen LogP contribution in [0.2, 0.25) is 0 Å². The van der Waals surface area contributed by atoms with Gasteiger partial charge >= 0.3 is 0 Å². The average molecular weight is 398 g/mol. The van der Waals surface area contributed by atoms with Crippen molar-refractivity contribution in [2.24, 2.45) is 0 Å². The molecule has 0 atom stereocenters. The van der Waals surface area contributed by atoms with Crippen molar-refractivity contribution in [1.29, 1.82) is 0 Å². The van der Waals surface area contributed by atoms with Crippen molar-refractivity contribution in [1.82, 2.24) is 14.3 Å². The molecule has 146 valence electrons. The average Bonchev–Trinajstić information content (AvgIpc) is 3.07. The zero-order valence-corrected chi connectivity index (χ0v) is 16.7. The molecule has 1 aromatic heterocycles. The number of fused-ring (bicyclic) bond motifs is 1. The van der Waals surface area contributed by atoms with Gasteiger partial charge in [-0.05, 0) is 44.2 Å². The minimum atomic E-state index is -3.56. The minimum absolute atomic E-state index is 0.0815. The van der Waals surface area contributed by atoms with Crippen LogP contribution < -0.4 is 4.90 Å². The lowest BCUT2D eigenvalue weighted by Gasteiger charge is -2.35. The minimum Gasteiger partial charge on any atom is -0.369 e. The van der Waals surface area contributed by atoms with Gasteiger partial charge in [0.1, 0.15) is 5.82 Å². The first-order valence-electron chi connectivity index (χ1n) is 9.17. The van der Waals surface area contributed by atoms with Crippen LogP contribution in [0.15, 0.2) is 47.4 Å². The number of sulfonamides is 1. The maximum absolute atomic E-state index is 12.9. The van der Waals surface area contributed by atoms with E-state index in [-0.39, 0.29) is 10.7 Å². The molecule has 0 unspecified atom stereocenters. The molecule has 1 aliphatic heterocycles. The van der Waals surface area contributed by atoms with Gasteiger partial charge in [-0.25, -0.2) is 13.4 Å². The van der Waals surface area contributed by atoms with Crippen molar-refractivity contribution in [3.63, 3.8) is 0 Å². The van der Waals surface area contributed by atoms with Crippen molar-refractivity contribution < 1.29 is 13.2 Å². The van der Waals surface area contributed by atoms with Crippen molar-refractivity contribution >= 4 is 32.5 Å². The summed E-state index contributed by atoms with van der Waals surface area (Å²) in [6.07, 6.45) is 0. The summed E-state index contributed by atoms with van der Waals surface area (Å²) in [6.45, 7) is 5.44. The molecular formula is C20H22N4O3S. The van der Waals surface area contributed by atoms with Crippen LogP contribution in [-0.2, 0) is 10.0 Å². The number of H-pyrrole nitrogens is 1. The number of ketones is 1. The highest BCUT2D eigenvalue weighted by Gasteiger charge is 2.28. The third-order valence-corrected chi connectivity index (χ3v) is 7.00. The highest BCUT2D eigenvalue weighted by Crippen LogP contribution is 2.24. The molecule has 1 fully saturated rings. The van der Waals surface area contributed by atoms with Crippen molar-refractivity contribution in [3.05, 3.63) is 53.9 Å². The van der Waals surface area contributed by atoms with Gasteiger partial charge in [-0.15, -0.1) is 0 Å². The monoisotopic (exact) mass is 398 g/mol. The molecule has 0 amide bonds. The van der Waals surface area contributed by atoms with Crippen molar-refractivity contribution in [2.75, 3.05) is 31.1 Å². The number of piperazine rings is 1. The van der Waals surface area contributed by atoms with E-state index in [1.54, 1.807) is 12.1 Å². The van der Waals surface area contributed by atoms with E-state index in [2.05, 4.69) is 20.9 Å². The van der Waals surface area contributed by atoms with Crippen molar-refractivity contribution in [3.8, 4) is 0 Å². The van der Waals surface area contributed by atoms with Crippen LogP contribution in [0.25, 0.3) is 11.0 Å². The first-order chi connectivity index (χ1) is 13.3. The Morgan fingerprint density at radius 2 is 1.71 bits per heavy atom. The number of nitrogens with zero attached hydrogens (tertiary/aromatic N) is 3. The van der Waals surface area contributed by atoms with Crippen LogP contribution in [-0.4, -0.2) is 54.7 Å². The van der Waals surface area contributed by atoms with Gasteiger partial charge in [-0.1, -0.05) is 12.1 Å². The van der Waals surface area contributed by atoms with E-state index in [1.165, 1.54) is 23.4 Å². The number of aromatic nitrogens is 2. The Balaban J connectivity index is 1.48. The molecule has 0 spiro atoms. The Kier molecular flexibility index (Phi) is 4.68. The van der Waals surface area contributed by atoms with E-state index in [0.717, 1.165) is 22.5 Å². The molecule has 2 heterocycles. The summed E-state index contributed by atoms with van der Waals surface area (Å²) in [6, 6.07) is 12.2. The van der Waals surface area contributed by atoms with E-state index in [9.17, 15) is 13.2 Å². The Bertz CT molecular complexity index is 1130. The van der Waals surface area contributed by atoms with E-state index < -0.39 is 10.0 Å². The van der Waals surface area contributed by atoms with Crippen LogP contribution >= 0.6 is 0 Å². The highest BCUT2D eigenvalue weighted by molar-refractivity contribution is 7.89. The number of carbonyl (C=O) groups excluding carboxylic acids is 1. The number of anilines is 1. The second kappa shape index (κ2) is 7.03. The summed E-state index contributed by atoms with van der Waals surface area (Å²) in [4.78, 5) is 21.4. The molecule has 3 aromatic rings. The second-order valence-electron chi connectivity index (χ2n) is 7.00. The normalized spacial score (nSPS) is 15.9. The van der Waals surface area contributed by atoms with Gasteiger partial charge in [0.25, 0.3) is 0 Å². The number of aromatic amines is 1. The molecule has 0 aliphatic carbocycles. The van der Waals surface area contributed by atoms with E-state index in [4.69, 9.17) is 0 Å². The molecule has 2 aromatic carbocycles. The molecule has 0 bridgehead atoms. The topological polar surface area (TPSA) is 86.4 Å². The molecule has 0 saturated carbocycles. The molecule has 28 heavy (non-hydrogen) atoms. The molecule has 1 N–H and O–H groups in total. The number of carbonyl (C=O) groups is 1. The fraction of sp³-hybridized carbons (Fsp3) is 0.300. The number of aryl methyl sites for hydroxylation is 1. The van der Waals surface area contributed by atoms with Gasteiger partial charge in [-0.2, -0.15) is 4.31 Å². The maximum Gasteiger partial charge on any atom is 0.243 e. The standard InChI is InChI=1S/C20H22N4O3S/c1-14(25)16-3-6-18(7-4-16)28(26,27)24-11-9-23(10-12-24)17-5-8-19-20(13-17)22-15(2)21-19/h3-8,13H,9-12H2,1-2H3,(H,21,22). The predicted octanol–water partition coefficient (Wildman–Crippen LogP) is 2.58. The van der Waals surface area contributed by atoms with Gasteiger partial charge in [-0.3, -0.25) is 4.79 Å². The van der Waals surface area contributed by atoms with Gasteiger partial charge < -0.3 is 9.88 Å². The van der Waals surface area contributed by atoms with Crippen LogP contribution in [0.4, 0.5) is 5.69 Å². The largest absolute Gasteiger partial charge is 0.369 e. The molecule has 0 radical (unpaired) electrons. The zero-order chi connectivity index (χ0) is 19.9. The van der Waals surface area contributed by atoms with Gasteiger partial charge in [0.15, 0.2) is 5.78 Å². The SMILES string of the molecule is CC(=O)c1ccc(S(=O)(=O)N2CCN(c3ccc4nc(C)[nH]c4c3)CC2)cc1. The zero-order valence-electron chi connectivity index (χ0n) is 15.8. The van der Waals surface area contributed by atoms with E-state index in [0.29, 0.717) is 31.7 Å². The lowest BCUT2D eigenvalue weighted by atomic mass is 10.2. The Morgan fingerprint density at radius 1 is 1.04 bits per heavy atom. The summed E-state index contributed by atoms with van der Waals surface area (Å²) < 4.78 is 27.3. The number of rotatable bonds is 4. The van der Waals surface area contributed by atoms with Gasteiger partial charge in [0, 0.05) is 37.4 Å². The fourth-order valence-corrected chi connectivity index (χ4v) is 4.94. The summed E-state index contributed by atoms with van der Waals surface area (Å²) in [5.74, 6) is 0.792. The lowest BCUT2D eigenvalue weighted by Crippen LogP contribution is -2.48. The lowest BCUT2D eigenvalue weighted by molar-refractivity contribution is 0.101. The molecule has 4 rings (SSSR count). The van der Waals surface area contributed by atoms with Gasteiger partial charge in [0.05, 0.1) is 15.9 Å². The summed E-state index contributed by atoms with van der Waals surface area (Å²) >= 11 is 0. The third kappa shape index (κ3) is 3.41. The number of hydrogen-bond donors (Lipinski definition) is 1. The number of benzene rings is 2. The smallest absolute Gasteiger partial charge is 0.243 e. The molecule has 7 nitrogen and oxygen atoms in total. The summed E-state index contributed by atoms with van der Waals surface area (Å²) in [7, 11) is -3.56. The Hall–Kier alpha value is -2.71. The Labute approximate surface area is 164 Å². The van der Waals surface area contributed by atoms with E-state index in [1.807, 2.05) is 19.1 Å². The third-order valence-electron chi connectivity index (χ3n) is 5.09. The molecule has 8 heteroatoms. The first kappa shape index (κ1) is 18.6. The number of imidazole rings is 1. The predicted molar refractivity (Wildman–Crippen MR) is 108 cm³/mol. The number of hydrogen-bond acceptors (Lipinski definition) is 5. The van der Waals surface area contributed by atoms with Crippen LogP contribution in [0.1, 0.15) is 23.1 Å². The summed E-state index contributed by atoms with van der Waals surface area (Å²) in [5, 5.41) is 0. The van der Waals surface area contributed by atoms with Crippen LogP contribution in [0.5, 0.6) is 0 Å². The molecular weight excluding hydrogens is 376 g/mol. The van der Waals surface area contributed by atoms with Crippen LogP contribution in [0.3, 0.4) is 0 Å². The molecule has 1 saturated heterocycles. The maximum atomic E-state index is 12.9. The highest BCUT2D eigenvalue weighted by atomic mass is 32.2. The first-order valence-corrected chi connectivity index (χ1v) is 10.6. The molecule has 1 aliphatic rings. The quantitative estimate of drug-likeness (QED) is 0.683. The van der Waals surface area contributed by atoms with Gasteiger partial charge in [0.2, 0.25) is 10.0 Å². The van der Waals surface area contributed by atoms with E-state index >= 15 is 0 Å². The second-order valence-corrected chi connectivity index (χ2v) is 8.93. The van der Waals surface area contributed by atoms with Crippen molar-refractivity contribution in [2.45, 2.75) is 18.7 Å². The fourth-order valence-electron chi connectivity index (χ4n) is 3.52. The van der Waals surface area contributed by atoms with Crippen LogP contribution in [0, 0.1) is 6.92 Å². The number of nitrogens with one attached hydrogen (secondary N) is 1. The number of Topliss-reactive ketones (excluding diaryl/α,β-unsaturated/α-hetero) is 1. The summed E-state index contributed by atoms with van der Waals surface area (Å²) in [5.41, 5.74) is 3.47. The Morgan fingerprint density at radius 3 is 2.36 bits per heavy atom.